The van der Waals surface area contributed by atoms with Gasteiger partial charge in [-0.1, -0.05) is 0 Å². The first-order chi connectivity index (χ1) is 10.6. The molecule has 1 saturated heterocycles. The van der Waals surface area contributed by atoms with Crippen LogP contribution in [0.3, 0.4) is 0 Å². The normalized spacial score (nSPS) is 21.6. The smallest absolute Gasteiger partial charge is 0.191 e. The Bertz CT molecular complexity index is 485. The maximum atomic E-state index is 5.50. The lowest BCUT2D eigenvalue weighted by molar-refractivity contribution is -0.0174. The van der Waals surface area contributed by atoms with Gasteiger partial charge in [-0.2, -0.15) is 0 Å². The lowest BCUT2D eigenvalue weighted by Crippen LogP contribution is -2.52. The first-order valence-electron chi connectivity index (χ1n) is 7.99. The lowest BCUT2D eigenvalue weighted by atomic mass is 10.2. The van der Waals surface area contributed by atoms with E-state index in [-0.39, 0.29) is 0 Å². The first-order valence-corrected chi connectivity index (χ1v) is 7.99. The number of rotatable bonds is 5. The molecule has 22 heavy (non-hydrogen) atoms. The van der Waals surface area contributed by atoms with Crippen molar-refractivity contribution in [2.45, 2.75) is 32.5 Å². The summed E-state index contributed by atoms with van der Waals surface area (Å²) in [6, 6.07) is 3.04. The van der Waals surface area contributed by atoms with Crippen molar-refractivity contribution < 1.29 is 4.74 Å². The number of nitrogens with zero attached hydrogens (tertiary/aromatic N) is 3. The Balaban J connectivity index is 1.75. The van der Waals surface area contributed by atoms with Crippen LogP contribution in [0.1, 0.15) is 19.4 Å². The quantitative estimate of drug-likeness (QED) is 0.624. The molecule has 0 aliphatic carbocycles. The molecule has 0 spiro atoms. The highest BCUT2D eigenvalue weighted by atomic mass is 16.5. The zero-order valence-corrected chi connectivity index (χ0v) is 14.2. The van der Waals surface area contributed by atoms with Gasteiger partial charge >= 0.3 is 0 Å². The maximum absolute atomic E-state index is 5.50. The molecule has 1 aromatic rings. The predicted molar refractivity (Wildman–Crippen MR) is 90.1 cm³/mol. The largest absolute Gasteiger partial charge is 0.379 e. The summed E-state index contributed by atoms with van der Waals surface area (Å²) in [7, 11) is 3.84. The molecule has 6 nitrogen and oxygen atoms in total. The summed E-state index contributed by atoms with van der Waals surface area (Å²) in [5.41, 5.74) is 1.25. The Morgan fingerprint density at radius 2 is 2.32 bits per heavy atom. The van der Waals surface area contributed by atoms with E-state index in [4.69, 9.17) is 4.74 Å². The van der Waals surface area contributed by atoms with Crippen molar-refractivity contribution in [2.75, 3.05) is 33.4 Å². The first kappa shape index (κ1) is 16.8. The molecule has 6 heteroatoms. The number of nitrogens with one attached hydrogen (secondary N) is 2. The van der Waals surface area contributed by atoms with Crippen LogP contribution in [0.2, 0.25) is 0 Å². The van der Waals surface area contributed by atoms with Crippen molar-refractivity contribution in [2.24, 2.45) is 12.0 Å². The van der Waals surface area contributed by atoms with E-state index in [0.717, 1.165) is 38.8 Å². The number of aromatic nitrogens is 1. The number of hydrogen-bond acceptors (Lipinski definition) is 3. The van der Waals surface area contributed by atoms with Gasteiger partial charge in [-0.15, -0.1) is 0 Å². The van der Waals surface area contributed by atoms with E-state index in [2.05, 4.69) is 57.4 Å². The fraction of sp³-hybridized carbons (Fsp3) is 0.688. The highest BCUT2D eigenvalue weighted by molar-refractivity contribution is 5.79. The molecule has 2 heterocycles. The number of aliphatic imine (C=N–C) groups is 1. The van der Waals surface area contributed by atoms with Gasteiger partial charge in [0.05, 0.1) is 13.2 Å². The minimum absolute atomic E-state index is 0.453. The van der Waals surface area contributed by atoms with Crippen LogP contribution >= 0.6 is 0 Å². The summed E-state index contributed by atoms with van der Waals surface area (Å²) in [5.74, 6) is 0.844. The fourth-order valence-electron chi connectivity index (χ4n) is 2.83. The molecule has 2 N–H and O–H groups in total. The van der Waals surface area contributed by atoms with Crippen LogP contribution in [0.4, 0.5) is 0 Å². The SMILES string of the molecule is CN=C(NCc1ccn(C)c1)NCC(C)N1CCOCC1C. The van der Waals surface area contributed by atoms with Crippen molar-refractivity contribution in [3.05, 3.63) is 24.0 Å². The van der Waals surface area contributed by atoms with Crippen LogP contribution in [-0.2, 0) is 18.3 Å². The minimum Gasteiger partial charge on any atom is -0.379 e. The summed E-state index contributed by atoms with van der Waals surface area (Å²) in [6.45, 7) is 8.78. The molecule has 0 radical (unpaired) electrons. The van der Waals surface area contributed by atoms with Crippen molar-refractivity contribution in [3.8, 4) is 0 Å². The second kappa shape index (κ2) is 8.19. The molecule has 1 fully saturated rings. The summed E-state index contributed by atoms with van der Waals surface area (Å²) < 4.78 is 7.55. The van der Waals surface area contributed by atoms with Gasteiger partial charge in [-0.3, -0.25) is 9.89 Å². The van der Waals surface area contributed by atoms with Crippen LogP contribution in [-0.4, -0.2) is 60.9 Å². The highest BCUT2D eigenvalue weighted by Gasteiger charge is 2.23. The van der Waals surface area contributed by atoms with Gasteiger partial charge in [0.2, 0.25) is 0 Å². The van der Waals surface area contributed by atoms with Crippen LogP contribution in [0.15, 0.2) is 23.5 Å². The van der Waals surface area contributed by atoms with Gasteiger partial charge < -0.3 is 19.9 Å². The third-order valence-electron chi connectivity index (χ3n) is 4.13. The summed E-state index contributed by atoms with van der Waals surface area (Å²) in [6.07, 6.45) is 4.16. The Hall–Kier alpha value is -1.53. The Morgan fingerprint density at radius 1 is 1.50 bits per heavy atom. The predicted octanol–water partition coefficient (Wildman–Crippen LogP) is 0.799. The molecule has 0 aromatic carbocycles. The van der Waals surface area contributed by atoms with Gasteiger partial charge in [0.25, 0.3) is 0 Å². The van der Waals surface area contributed by atoms with Crippen molar-refractivity contribution in [1.29, 1.82) is 0 Å². The van der Waals surface area contributed by atoms with Crippen molar-refractivity contribution in [3.63, 3.8) is 0 Å². The topological polar surface area (TPSA) is 53.8 Å². The van der Waals surface area contributed by atoms with Crippen molar-refractivity contribution >= 4 is 5.96 Å². The molecule has 1 aliphatic heterocycles. The molecule has 0 bridgehead atoms. The molecule has 2 rings (SSSR count). The third-order valence-corrected chi connectivity index (χ3v) is 4.13. The molecule has 0 saturated carbocycles. The monoisotopic (exact) mass is 307 g/mol. The van der Waals surface area contributed by atoms with Gasteiger partial charge in [-0.25, -0.2) is 0 Å². The van der Waals surface area contributed by atoms with Crippen LogP contribution in [0.5, 0.6) is 0 Å². The summed E-state index contributed by atoms with van der Waals surface area (Å²) >= 11 is 0. The summed E-state index contributed by atoms with van der Waals surface area (Å²) in [5, 5.41) is 6.76. The van der Waals surface area contributed by atoms with Crippen LogP contribution in [0.25, 0.3) is 0 Å². The molecule has 124 valence electrons. The van der Waals surface area contributed by atoms with E-state index in [1.165, 1.54) is 5.56 Å². The standard InChI is InChI=1S/C16H29N5O/c1-13(21-7-8-22-12-14(21)2)9-18-16(17-3)19-10-15-5-6-20(4)11-15/h5-6,11,13-14H,7-10,12H2,1-4H3,(H2,17,18,19). The highest BCUT2D eigenvalue weighted by Crippen LogP contribution is 2.10. The van der Waals surface area contributed by atoms with E-state index in [1.807, 2.05) is 14.1 Å². The van der Waals surface area contributed by atoms with Gasteiger partial charge in [0, 0.05) is 58.2 Å². The average Bonchev–Trinajstić information content (AvgIpc) is 2.93. The van der Waals surface area contributed by atoms with Crippen molar-refractivity contribution in [1.82, 2.24) is 20.1 Å². The van der Waals surface area contributed by atoms with E-state index in [0.29, 0.717) is 12.1 Å². The van der Waals surface area contributed by atoms with Gasteiger partial charge in [0.15, 0.2) is 5.96 Å². The number of guanidine groups is 1. The molecule has 2 atom stereocenters. The minimum atomic E-state index is 0.453. The maximum Gasteiger partial charge on any atom is 0.191 e. The third kappa shape index (κ3) is 4.74. The summed E-state index contributed by atoms with van der Waals surface area (Å²) in [4.78, 5) is 6.78. The Labute approximate surface area is 133 Å². The fourth-order valence-corrected chi connectivity index (χ4v) is 2.83. The number of hydrogen-bond donors (Lipinski definition) is 2. The molecular formula is C16H29N5O. The van der Waals surface area contributed by atoms with E-state index >= 15 is 0 Å². The van der Waals surface area contributed by atoms with E-state index < -0.39 is 0 Å². The molecular weight excluding hydrogens is 278 g/mol. The van der Waals surface area contributed by atoms with E-state index in [1.54, 1.807) is 0 Å². The van der Waals surface area contributed by atoms with Gasteiger partial charge in [-0.05, 0) is 25.5 Å². The number of aryl methyl sites for hydroxylation is 1. The van der Waals surface area contributed by atoms with Gasteiger partial charge in [0.1, 0.15) is 0 Å². The molecule has 1 aromatic heterocycles. The molecule has 2 unspecified atom stereocenters. The van der Waals surface area contributed by atoms with E-state index in [9.17, 15) is 0 Å². The number of ether oxygens (including phenoxy) is 1. The van der Waals surface area contributed by atoms with Crippen LogP contribution in [0, 0.1) is 0 Å². The molecule has 0 amide bonds. The Kier molecular flexibility index (Phi) is 6.27. The zero-order chi connectivity index (χ0) is 15.9. The lowest BCUT2D eigenvalue weighted by Gasteiger charge is -2.38. The van der Waals surface area contributed by atoms with Crippen LogP contribution < -0.4 is 10.6 Å². The second-order valence-corrected chi connectivity index (χ2v) is 6.00. The zero-order valence-electron chi connectivity index (χ0n) is 14.2. The Morgan fingerprint density at radius 3 is 2.95 bits per heavy atom. The molecule has 1 aliphatic rings. The number of morpholine rings is 1. The average molecular weight is 307 g/mol. The second-order valence-electron chi connectivity index (χ2n) is 6.00.